The third-order valence-corrected chi connectivity index (χ3v) is 7.24. The molecule has 1 aromatic rings. The first kappa shape index (κ1) is 26.7. The van der Waals surface area contributed by atoms with Gasteiger partial charge in [-0.15, -0.1) is 0 Å². The Balaban J connectivity index is 1.59. The average Bonchev–Trinajstić information content (AvgIpc) is 3.28. The zero-order valence-electron chi connectivity index (χ0n) is 21.1. The molecule has 3 rings (SSSR count). The van der Waals surface area contributed by atoms with E-state index in [-0.39, 0.29) is 29.9 Å². The predicted octanol–water partition coefficient (Wildman–Crippen LogP) is 5.34. The minimum absolute atomic E-state index is 0.00715. The maximum atomic E-state index is 12.5. The zero-order valence-corrected chi connectivity index (χ0v) is 21.1. The molecular weight excluding hydrogens is 440 g/mol. The Morgan fingerprint density at radius 2 is 2.03 bits per heavy atom. The molecule has 4 N–H and O–H groups in total. The molecular formula is C29H40N2O4. The number of hydrogen-bond donors (Lipinski definition) is 3. The molecule has 1 saturated carbocycles. The number of nitrogens with two attached hydrogens (primary N) is 1. The number of Topliss-reactive ketones (excluding diaryl/α,β-unsaturated/α-hetero) is 1. The van der Waals surface area contributed by atoms with Crippen molar-refractivity contribution in [2.45, 2.75) is 83.7 Å². The molecule has 1 aliphatic heterocycles. The van der Waals surface area contributed by atoms with Crippen LogP contribution in [0.1, 0.15) is 82.3 Å². The molecule has 0 bridgehead atoms. The number of benzene rings is 1. The first-order valence-corrected chi connectivity index (χ1v) is 12.9. The van der Waals surface area contributed by atoms with Crippen LogP contribution in [-0.2, 0) is 16.0 Å². The summed E-state index contributed by atoms with van der Waals surface area (Å²) in [5.74, 6) is 0.168. The quantitative estimate of drug-likeness (QED) is 0.260. The van der Waals surface area contributed by atoms with Crippen LogP contribution in [-0.4, -0.2) is 29.9 Å². The molecule has 1 fully saturated rings. The van der Waals surface area contributed by atoms with Crippen molar-refractivity contribution in [2.75, 3.05) is 7.11 Å². The van der Waals surface area contributed by atoms with E-state index in [0.717, 1.165) is 29.5 Å². The van der Waals surface area contributed by atoms with Crippen LogP contribution >= 0.6 is 0 Å². The molecule has 6 heteroatoms. The molecule has 1 aromatic carbocycles. The number of dihydropyridines is 1. The third-order valence-electron chi connectivity index (χ3n) is 7.24. The number of ether oxygens (including phenoxy) is 1. The van der Waals surface area contributed by atoms with Crippen LogP contribution < -0.4 is 15.8 Å². The van der Waals surface area contributed by atoms with Gasteiger partial charge in [0.05, 0.1) is 19.7 Å². The smallest absolute Gasteiger partial charge is 0.163 e. The van der Waals surface area contributed by atoms with E-state index in [1.807, 2.05) is 18.4 Å². The van der Waals surface area contributed by atoms with E-state index in [1.165, 1.54) is 51.7 Å². The number of rotatable bonds is 13. The van der Waals surface area contributed by atoms with Crippen molar-refractivity contribution in [2.24, 2.45) is 11.1 Å². The zero-order chi connectivity index (χ0) is 25.3. The molecule has 1 heterocycles. The Hall–Kier alpha value is -2.86. The van der Waals surface area contributed by atoms with Gasteiger partial charge in [0.1, 0.15) is 5.78 Å². The number of phenolic OH excluding ortho intramolecular Hbond substituents is 1. The Morgan fingerprint density at radius 3 is 2.69 bits per heavy atom. The molecule has 190 valence electrons. The number of methoxy groups -OCH3 is 1. The van der Waals surface area contributed by atoms with Crippen molar-refractivity contribution >= 4 is 17.6 Å². The van der Waals surface area contributed by atoms with Gasteiger partial charge in [-0.1, -0.05) is 38.3 Å². The summed E-state index contributed by atoms with van der Waals surface area (Å²) in [4.78, 5) is 25.0. The fourth-order valence-corrected chi connectivity index (χ4v) is 5.43. The highest BCUT2D eigenvalue weighted by Gasteiger charge is 2.32. The highest BCUT2D eigenvalue weighted by molar-refractivity contribution is 6.06. The summed E-state index contributed by atoms with van der Waals surface area (Å²) < 4.78 is 5.25. The second-order valence-electron chi connectivity index (χ2n) is 10.00. The van der Waals surface area contributed by atoms with Gasteiger partial charge in [-0.25, -0.2) is 0 Å². The van der Waals surface area contributed by atoms with Gasteiger partial charge in [0.25, 0.3) is 0 Å². The van der Waals surface area contributed by atoms with Gasteiger partial charge in [-0.2, -0.15) is 0 Å². The summed E-state index contributed by atoms with van der Waals surface area (Å²) >= 11 is 0. The highest BCUT2D eigenvalue weighted by atomic mass is 16.5. The predicted molar refractivity (Wildman–Crippen MR) is 140 cm³/mol. The first-order valence-electron chi connectivity index (χ1n) is 12.9. The van der Waals surface area contributed by atoms with E-state index in [4.69, 9.17) is 10.5 Å². The SMILES string of the molecule is CCCC1(CCCC(=O)CC(=O)C=Cc2cc(OC)c(O)cc2CC2=CNC(N)C=C2)CCCC1. The van der Waals surface area contributed by atoms with Gasteiger partial charge in [-0.3, -0.25) is 9.59 Å². The molecule has 0 amide bonds. The number of aromatic hydroxyl groups is 1. The van der Waals surface area contributed by atoms with Gasteiger partial charge in [0, 0.05) is 12.6 Å². The molecule has 1 unspecified atom stereocenters. The fraction of sp³-hybridized carbons (Fsp3) is 0.517. The Bertz CT molecular complexity index is 987. The van der Waals surface area contributed by atoms with Crippen LogP contribution in [0.25, 0.3) is 6.08 Å². The number of carbonyl (C=O) groups is 2. The maximum Gasteiger partial charge on any atom is 0.163 e. The van der Waals surface area contributed by atoms with E-state index in [2.05, 4.69) is 12.2 Å². The van der Waals surface area contributed by atoms with Crippen molar-refractivity contribution in [1.82, 2.24) is 5.32 Å². The number of phenols is 1. The molecule has 0 radical (unpaired) electrons. The van der Waals surface area contributed by atoms with Crippen molar-refractivity contribution in [1.29, 1.82) is 0 Å². The summed E-state index contributed by atoms with van der Waals surface area (Å²) in [5.41, 5.74) is 8.83. The molecule has 2 aliphatic rings. The lowest BCUT2D eigenvalue weighted by Crippen LogP contribution is -2.33. The van der Waals surface area contributed by atoms with Gasteiger partial charge < -0.3 is 20.9 Å². The summed E-state index contributed by atoms with van der Waals surface area (Å²) in [7, 11) is 1.49. The number of nitrogens with one attached hydrogen (secondary N) is 1. The molecule has 35 heavy (non-hydrogen) atoms. The molecule has 0 saturated heterocycles. The number of ketones is 2. The maximum absolute atomic E-state index is 12.5. The number of hydrogen-bond acceptors (Lipinski definition) is 6. The monoisotopic (exact) mass is 480 g/mol. The number of allylic oxidation sites excluding steroid dienone is 3. The molecule has 0 spiro atoms. The van der Waals surface area contributed by atoms with Crippen molar-refractivity contribution in [3.05, 3.63) is 53.3 Å². The lowest BCUT2D eigenvalue weighted by molar-refractivity contribution is -0.124. The largest absolute Gasteiger partial charge is 0.504 e. The molecule has 1 atom stereocenters. The Morgan fingerprint density at radius 1 is 1.26 bits per heavy atom. The Kier molecular flexibility index (Phi) is 9.73. The van der Waals surface area contributed by atoms with Gasteiger partial charge >= 0.3 is 0 Å². The molecule has 0 aromatic heterocycles. The minimum Gasteiger partial charge on any atom is -0.504 e. The third kappa shape index (κ3) is 7.82. The summed E-state index contributed by atoms with van der Waals surface area (Å²) in [6.45, 7) is 2.24. The minimum atomic E-state index is -0.215. The second-order valence-corrected chi connectivity index (χ2v) is 10.00. The summed E-state index contributed by atoms with van der Waals surface area (Å²) in [6, 6.07) is 3.35. The summed E-state index contributed by atoms with van der Waals surface area (Å²) in [6.07, 6.45) is 19.1. The van der Waals surface area contributed by atoms with Gasteiger partial charge in [0.15, 0.2) is 17.3 Å². The van der Waals surface area contributed by atoms with Crippen molar-refractivity contribution in [3.8, 4) is 11.5 Å². The lowest BCUT2D eigenvalue weighted by Gasteiger charge is -2.28. The van der Waals surface area contributed by atoms with E-state index >= 15 is 0 Å². The van der Waals surface area contributed by atoms with Gasteiger partial charge in [0.2, 0.25) is 0 Å². The van der Waals surface area contributed by atoms with E-state index in [9.17, 15) is 14.7 Å². The average molecular weight is 481 g/mol. The van der Waals surface area contributed by atoms with Crippen molar-refractivity contribution in [3.63, 3.8) is 0 Å². The van der Waals surface area contributed by atoms with Crippen LogP contribution in [0.5, 0.6) is 11.5 Å². The van der Waals surface area contributed by atoms with Crippen molar-refractivity contribution < 1.29 is 19.4 Å². The van der Waals surface area contributed by atoms with Crippen LogP contribution in [0.2, 0.25) is 0 Å². The number of carbonyl (C=O) groups excluding carboxylic acids is 2. The van der Waals surface area contributed by atoms with Gasteiger partial charge in [-0.05, 0) is 84.9 Å². The molecule has 1 aliphatic carbocycles. The standard InChI is InChI=1S/C29H40N2O4/c1-3-12-29(13-4-5-14-29)15-6-7-24(32)19-25(33)10-9-22-18-27(35-2)26(34)17-23(22)16-21-8-11-28(30)31-20-21/h8-11,17-18,20,28,31,34H,3-7,12-16,19,30H2,1-2H3. The first-order chi connectivity index (χ1) is 16.8. The van der Waals surface area contributed by atoms with E-state index in [0.29, 0.717) is 24.0 Å². The second kappa shape index (κ2) is 12.7. The highest BCUT2D eigenvalue weighted by Crippen LogP contribution is 2.45. The lowest BCUT2D eigenvalue weighted by atomic mass is 9.77. The Labute approximate surface area is 209 Å². The topological polar surface area (TPSA) is 102 Å². The summed E-state index contributed by atoms with van der Waals surface area (Å²) in [5, 5.41) is 13.3. The van der Waals surface area contributed by atoms with Crippen LogP contribution in [0.15, 0.2) is 42.1 Å². The normalized spacial score (nSPS) is 18.9. The molecule has 6 nitrogen and oxygen atoms in total. The van der Waals surface area contributed by atoms with Crippen LogP contribution in [0.4, 0.5) is 0 Å². The fourth-order valence-electron chi connectivity index (χ4n) is 5.43. The van der Waals surface area contributed by atoms with Crippen LogP contribution in [0, 0.1) is 5.41 Å². The van der Waals surface area contributed by atoms with E-state index < -0.39 is 0 Å². The van der Waals surface area contributed by atoms with Crippen LogP contribution in [0.3, 0.4) is 0 Å². The van der Waals surface area contributed by atoms with E-state index in [1.54, 1.807) is 18.2 Å².